The zero-order chi connectivity index (χ0) is 17.2. The summed E-state index contributed by atoms with van der Waals surface area (Å²) < 4.78 is 10.8. The minimum absolute atomic E-state index is 0.0580. The van der Waals surface area contributed by atoms with E-state index in [1.54, 1.807) is 12.0 Å². The Kier molecular flexibility index (Phi) is 4.28. The molecule has 2 aliphatic heterocycles. The third-order valence-corrected chi connectivity index (χ3v) is 5.08. The average molecular weight is 339 g/mol. The van der Waals surface area contributed by atoms with Crippen LogP contribution >= 0.6 is 0 Å². The van der Waals surface area contributed by atoms with Gasteiger partial charge in [0.15, 0.2) is 12.0 Å². The predicted octanol–water partition coefficient (Wildman–Crippen LogP) is 2.58. The van der Waals surface area contributed by atoms with Gasteiger partial charge in [0.1, 0.15) is 6.04 Å². The molecule has 4 rings (SSSR count). The van der Waals surface area contributed by atoms with Crippen molar-refractivity contribution in [1.82, 2.24) is 15.0 Å². The van der Waals surface area contributed by atoms with Crippen molar-refractivity contribution in [2.75, 3.05) is 31.6 Å². The van der Waals surface area contributed by atoms with Gasteiger partial charge < -0.3 is 14.2 Å². The Labute approximate surface area is 146 Å². The number of ether oxygens (including phenoxy) is 1. The molecule has 7 nitrogen and oxygen atoms in total. The van der Waals surface area contributed by atoms with E-state index < -0.39 is 0 Å². The largest absolute Gasteiger partial charge is 0.380 e. The Morgan fingerprint density at radius 2 is 2.08 bits per heavy atom. The van der Waals surface area contributed by atoms with Crippen LogP contribution in [-0.4, -0.2) is 47.9 Å². The lowest BCUT2D eigenvalue weighted by molar-refractivity contribution is 0.121. The molecule has 3 heterocycles. The van der Waals surface area contributed by atoms with Crippen LogP contribution in [0.5, 0.6) is 0 Å². The van der Waals surface area contributed by atoms with Gasteiger partial charge in [-0.05, 0) is 43.5 Å². The van der Waals surface area contributed by atoms with E-state index in [4.69, 9.17) is 14.5 Å². The number of hydrogen-bond donors (Lipinski definition) is 0. The molecule has 1 aromatic heterocycles. The Bertz CT molecular complexity index is 767. The van der Waals surface area contributed by atoms with Gasteiger partial charge in [0.2, 0.25) is 0 Å². The van der Waals surface area contributed by atoms with Crippen LogP contribution in [0.1, 0.15) is 31.1 Å². The Morgan fingerprint density at radius 1 is 1.24 bits per heavy atom. The van der Waals surface area contributed by atoms with Crippen molar-refractivity contribution in [3.63, 3.8) is 0 Å². The molecule has 0 N–H and O–H groups in total. The van der Waals surface area contributed by atoms with Crippen LogP contribution in [0.4, 0.5) is 5.69 Å². The number of benzene rings is 1. The number of aromatic nitrogens is 2. The van der Waals surface area contributed by atoms with Crippen molar-refractivity contribution in [2.24, 2.45) is 0 Å². The summed E-state index contributed by atoms with van der Waals surface area (Å²) in [4.78, 5) is 8.55. The van der Waals surface area contributed by atoms with E-state index in [9.17, 15) is 0 Å². The Morgan fingerprint density at radius 3 is 2.80 bits per heavy atom. The summed E-state index contributed by atoms with van der Waals surface area (Å²) in [6.07, 6.45) is 5.45. The van der Waals surface area contributed by atoms with Crippen molar-refractivity contribution < 1.29 is 9.26 Å². The molecule has 0 radical (unpaired) electrons. The fraction of sp³-hybridized carbons (Fsp3) is 0.500. The first-order valence-electron chi connectivity index (χ1n) is 8.66. The lowest BCUT2D eigenvalue weighted by Gasteiger charge is -2.18. The highest BCUT2D eigenvalue weighted by Crippen LogP contribution is 2.31. The van der Waals surface area contributed by atoms with E-state index in [2.05, 4.69) is 33.4 Å². The molecule has 0 amide bonds. The van der Waals surface area contributed by atoms with Gasteiger partial charge in [-0.25, -0.2) is 0 Å². The van der Waals surface area contributed by atoms with Gasteiger partial charge in [0.25, 0.3) is 5.89 Å². The fourth-order valence-corrected chi connectivity index (χ4v) is 3.61. The SMILES string of the molecule is CO[C@@H]1CCN(c2ccc(-c3nc(C4CCCN4C#N)no3)cc2)C1. The van der Waals surface area contributed by atoms with Crippen LogP contribution in [0.2, 0.25) is 0 Å². The standard InChI is InChI=1S/C18H21N5O2/c1-24-15-8-10-22(11-15)14-6-4-13(5-7-14)18-20-17(21-25-18)16-3-2-9-23(16)12-19/h4-7,15-16H,2-3,8-11H2,1H3/t15-,16?/m1/s1. The molecule has 0 bridgehead atoms. The molecule has 0 spiro atoms. The first-order valence-corrected chi connectivity index (χ1v) is 8.66. The van der Waals surface area contributed by atoms with Crippen LogP contribution in [0.25, 0.3) is 11.5 Å². The molecule has 2 saturated heterocycles. The van der Waals surface area contributed by atoms with Gasteiger partial charge in [-0.15, -0.1) is 0 Å². The van der Waals surface area contributed by atoms with E-state index in [-0.39, 0.29) is 6.04 Å². The quantitative estimate of drug-likeness (QED) is 0.792. The van der Waals surface area contributed by atoms with Crippen molar-refractivity contribution in [1.29, 1.82) is 5.26 Å². The first-order chi connectivity index (χ1) is 12.3. The van der Waals surface area contributed by atoms with Gasteiger partial charge in [0.05, 0.1) is 6.10 Å². The molecule has 2 aromatic rings. The highest BCUT2D eigenvalue weighted by atomic mass is 16.5. The molecule has 1 aromatic carbocycles. The summed E-state index contributed by atoms with van der Waals surface area (Å²) >= 11 is 0. The van der Waals surface area contributed by atoms with Crippen LogP contribution in [0, 0.1) is 11.5 Å². The molecule has 1 unspecified atom stereocenters. The summed E-state index contributed by atoms with van der Waals surface area (Å²) in [5, 5.41) is 13.3. The molecule has 0 aliphatic carbocycles. The van der Waals surface area contributed by atoms with E-state index in [0.29, 0.717) is 17.8 Å². The van der Waals surface area contributed by atoms with E-state index in [1.165, 1.54) is 5.69 Å². The molecule has 130 valence electrons. The zero-order valence-electron chi connectivity index (χ0n) is 14.3. The van der Waals surface area contributed by atoms with Crippen molar-refractivity contribution in [2.45, 2.75) is 31.4 Å². The maximum Gasteiger partial charge on any atom is 0.258 e. The third kappa shape index (κ3) is 3.05. The second kappa shape index (κ2) is 6.73. The maximum atomic E-state index is 9.17. The fourth-order valence-electron chi connectivity index (χ4n) is 3.61. The summed E-state index contributed by atoms with van der Waals surface area (Å²) in [6, 6.07) is 8.10. The number of likely N-dealkylation sites (tertiary alicyclic amines) is 1. The molecule has 7 heteroatoms. The molecule has 2 atom stereocenters. The van der Waals surface area contributed by atoms with E-state index in [1.807, 2.05) is 12.1 Å². The van der Waals surface area contributed by atoms with Crippen LogP contribution in [0.15, 0.2) is 28.8 Å². The average Bonchev–Trinajstić information content (AvgIpc) is 3.40. The molecular weight excluding hydrogens is 318 g/mol. The number of rotatable bonds is 4. The summed E-state index contributed by atoms with van der Waals surface area (Å²) in [7, 11) is 1.77. The summed E-state index contributed by atoms with van der Waals surface area (Å²) in [6.45, 7) is 2.69. The lowest BCUT2D eigenvalue weighted by Crippen LogP contribution is -2.21. The van der Waals surface area contributed by atoms with Gasteiger partial charge in [-0.2, -0.15) is 10.2 Å². The number of methoxy groups -OCH3 is 1. The molecule has 25 heavy (non-hydrogen) atoms. The minimum Gasteiger partial charge on any atom is -0.380 e. The molecule has 2 fully saturated rings. The minimum atomic E-state index is -0.0580. The monoisotopic (exact) mass is 339 g/mol. The smallest absolute Gasteiger partial charge is 0.258 e. The Balaban J connectivity index is 1.49. The number of nitriles is 1. The molecule has 0 saturated carbocycles. The van der Waals surface area contributed by atoms with Gasteiger partial charge in [0, 0.05) is 38.0 Å². The van der Waals surface area contributed by atoms with Gasteiger partial charge >= 0.3 is 0 Å². The number of anilines is 1. The first kappa shape index (κ1) is 15.9. The third-order valence-electron chi connectivity index (χ3n) is 5.08. The Hall–Kier alpha value is -2.59. The van der Waals surface area contributed by atoms with Crippen LogP contribution in [-0.2, 0) is 4.74 Å². The topological polar surface area (TPSA) is 78.4 Å². The van der Waals surface area contributed by atoms with E-state index >= 15 is 0 Å². The molecular formula is C18H21N5O2. The predicted molar refractivity (Wildman–Crippen MR) is 91.7 cm³/mol. The highest BCUT2D eigenvalue weighted by Gasteiger charge is 2.29. The second-order valence-corrected chi connectivity index (χ2v) is 6.55. The number of hydrogen-bond acceptors (Lipinski definition) is 7. The maximum absolute atomic E-state index is 9.17. The van der Waals surface area contributed by atoms with Crippen molar-refractivity contribution in [3.05, 3.63) is 30.1 Å². The molecule has 2 aliphatic rings. The second-order valence-electron chi connectivity index (χ2n) is 6.55. The van der Waals surface area contributed by atoms with E-state index in [0.717, 1.165) is 44.5 Å². The van der Waals surface area contributed by atoms with Crippen molar-refractivity contribution >= 4 is 5.69 Å². The summed E-state index contributed by atoms with van der Waals surface area (Å²) in [5.41, 5.74) is 2.07. The lowest BCUT2D eigenvalue weighted by atomic mass is 10.2. The summed E-state index contributed by atoms with van der Waals surface area (Å²) in [5.74, 6) is 1.10. The van der Waals surface area contributed by atoms with Crippen LogP contribution < -0.4 is 4.90 Å². The number of nitrogens with zero attached hydrogens (tertiary/aromatic N) is 5. The van der Waals surface area contributed by atoms with Crippen LogP contribution in [0.3, 0.4) is 0 Å². The highest BCUT2D eigenvalue weighted by molar-refractivity contribution is 5.59. The van der Waals surface area contributed by atoms with Gasteiger partial charge in [-0.3, -0.25) is 4.90 Å². The zero-order valence-corrected chi connectivity index (χ0v) is 14.3. The normalized spacial score (nSPS) is 23.2. The van der Waals surface area contributed by atoms with Crippen molar-refractivity contribution in [3.8, 4) is 17.6 Å². The van der Waals surface area contributed by atoms with Gasteiger partial charge in [-0.1, -0.05) is 5.16 Å².